The molecule has 4 rings (SSSR count). The third-order valence-electron chi connectivity index (χ3n) is 5.64. The van der Waals surface area contributed by atoms with Crippen molar-refractivity contribution < 1.29 is 9.53 Å². The summed E-state index contributed by atoms with van der Waals surface area (Å²) in [5.74, 6) is 0.117. The summed E-state index contributed by atoms with van der Waals surface area (Å²) in [7, 11) is 0. The molecule has 5 heteroatoms. The Hall–Kier alpha value is -1.88. The maximum Gasteiger partial charge on any atom is 0.230 e. The predicted molar refractivity (Wildman–Crippen MR) is 107 cm³/mol. The van der Waals surface area contributed by atoms with Crippen LogP contribution in [0.1, 0.15) is 29.5 Å². The lowest BCUT2D eigenvalue weighted by Gasteiger charge is -2.27. The highest BCUT2D eigenvalue weighted by Crippen LogP contribution is 2.48. The Morgan fingerprint density at radius 3 is 2.37 bits per heavy atom. The summed E-state index contributed by atoms with van der Waals surface area (Å²) >= 11 is 5.99. The molecule has 1 saturated heterocycles. The van der Waals surface area contributed by atoms with E-state index in [4.69, 9.17) is 16.3 Å². The molecular formula is C22H25ClN2O2. The molecule has 1 heterocycles. The number of benzene rings is 2. The monoisotopic (exact) mass is 384 g/mol. The number of rotatable bonds is 6. The molecular weight excluding hydrogens is 360 g/mol. The van der Waals surface area contributed by atoms with E-state index < -0.39 is 0 Å². The van der Waals surface area contributed by atoms with Gasteiger partial charge in [0.2, 0.25) is 5.91 Å². The van der Waals surface area contributed by atoms with Crippen LogP contribution in [0.5, 0.6) is 0 Å². The van der Waals surface area contributed by atoms with Gasteiger partial charge in [-0.2, -0.15) is 0 Å². The summed E-state index contributed by atoms with van der Waals surface area (Å²) in [6, 6.07) is 16.0. The average Bonchev–Trinajstić information content (AvgIpc) is 3.50. The second kappa shape index (κ2) is 8.01. The van der Waals surface area contributed by atoms with Gasteiger partial charge in [0.05, 0.1) is 18.6 Å². The number of hydrogen-bond acceptors (Lipinski definition) is 3. The molecule has 2 aromatic rings. The second-order valence-electron chi connectivity index (χ2n) is 7.43. The van der Waals surface area contributed by atoms with Gasteiger partial charge in [0, 0.05) is 31.2 Å². The molecule has 0 radical (unpaired) electrons. The number of carbonyl (C=O) groups is 1. The zero-order valence-electron chi connectivity index (χ0n) is 15.4. The van der Waals surface area contributed by atoms with E-state index in [2.05, 4.69) is 28.4 Å². The lowest BCUT2D eigenvalue weighted by atomic mass is 9.95. The Bertz CT molecular complexity index is 796. The van der Waals surface area contributed by atoms with Gasteiger partial charge in [0.1, 0.15) is 0 Å². The summed E-state index contributed by atoms with van der Waals surface area (Å²) < 4.78 is 5.43. The standard InChI is InChI=1S/C22H25ClN2O2/c23-20-7-5-19(6-8-20)22(9-10-22)21(26)24-15-17-3-1-2-4-18(17)16-25-11-13-27-14-12-25/h1-8H,9-16H2,(H,24,26). The number of halogens is 1. The van der Waals surface area contributed by atoms with Gasteiger partial charge in [0.15, 0.2) is 0 Å². The number of ether oxygens (including phenoxy) is 1. The first-order valence-corrected chi connectivity index (χ1v) is 9.96. The summed E-state index contributed by atoms with van der Waals surface area (Å²) in [4.78, 5) is 15.3. The summed E-state index contributed by atoms with van der Waals surface area (Å²) in [5.41, 5.74) is 3.15. The molecule has 2 fully saturated rings. The molecule has 0 unspecified atom stereocenters. The number of morpholine rings is 1. The lowest BCUT2D eigenvalue weighted by Crippen LogP contribution is -2.37. The Morgan fingerprint density at radius 2 is 1.70 bits per heavy atom. The van der Waals surface area contributed by atoms with E-state index in [1.54, 1.807) is 0 Å². The van der Waals surface area contributed by atoms with Crippen molar-refractivity contribution in [3.05, 3.63) is 70.2 Å². The van der Waals surface area contributed by atoms with Crippen LogP contribution in [0.4, 0.5) is 0 Å². The van der Waals surface area contributed by atoms with Gasteiger partial charge in [-0.15, -0.1) is 0 Å². The van der Waals surface area contributed by atoms with Crippen molar-refractivity contribution in [2.24, 2.45) is 0 Å². The van der Waals surface area contributed by atoms with Gasteiger partial charge in [0.25, 0.3) is 0 Å². The van der Waals surface area contributed by atoms with Gasteiger partial charge in [-0.05, 0) is 41.7 Å². The van der Waals surface area contributed by atoms with E-state index in [-0.39, 0.29) is 11.3 Å². The fraction of sp³-hybridized carbons (Fsp3) is 0.409. The first kappa shape index (κ1) is 18.5. The fourth-order valence-corrected chi connectivity index (χ4v) is 3.90. The first-order valence-electron chi connectivity index (χ1n) is 9.59. The zero-order valence-corrected chi connectivity index (χ0v) is 16.2. The van der Waals surface area contributed by atoms with Gasteiger partial charge < -0.3 is 10.1 Å². The third-order valence-corrected chi connectivity index (χ3v) is 5.89. The molecule has 0 aromatic heterocycles. The maximum atomic E-state index is 12.9. The van der Waals surface area contributed by atoms with Crippen molar-refractivity contribution in [1.29, 1.82) is 0 Å². The number of amides is 1. The van der Waals surface area contributed by atoms with E-state index >= 15 is 0 Å². The Morgan fingerprint density at radius 1 is 1.04 bits per heavy atom. The number of carbonyl (C=O) groups excluding carboxylic acids is 1. The van der Waals surface area contributed by atoms with Crippen LogP contribution in [0.2, 0.25) is 5.02 Å². The molecule has 1 aliphatic carbocycles. The molecule has 1 N–H and O–H groups in total. The highest BCUT2D eigenvalue weighted by atomic mass is 35.5. The fourth-order valence-electron chi connectivity index (χ4n) is 3.77. The molecule has 2 aliphatic rings. The van der Waals surface area contributed by atoms with E-state index in [1.165, 1.54) is 11.1 Å². The number of nitrogens with zero attached hydrogens (tertiary/aromatic N) is 1. The van der Waals surface area contributed by atoms with Crippen molar-refractivity contribution >= 4 is 17.5 Å². The van der Waals surface area contributed by atoms with E-state index in [0.29, 0.717) is 11.6 Å². The molecule has 1 amide bonds. The topological polar surface area (TPSA) is 41.6 Å². The minimum Gasteiger partial charge on any atom is -0.379 e. The first-order chi connectivity index (χ1) is 13.2. The molecule has 1 aliphatic heterocycles. The van der Waals surface area contributed by atoms with Crippen molar-refractivity contribution in [3.8, 4) is 0 Å². The van der Waals surface area contributed by atoms with Crippen LogP contribution >= 0.6 is 11.6 Å². The van der Waals surface area contributed by atoms with Crippen LogP contribution in [0.25, 0.3) is 0 Å². The molecule has 4 nitrogen and oxygen atoms in total. The van der Waals surface area contributed by atoms with Crippen molar-refractivity contribution in [1.82, 2.24) is 10.2 Å². The Balaban J connectivity index is 1.41. The van der Waals surface area contributed by atoms with E-state index in [1.807, 2.05) is 30.3 Å². The second-order valence-corrected chi connectivity index (χ2v) is 7.87. The lowest BCUT2D eigenvalue weighted by molar-refractivity contribution is -0.123. The van der Waals surface area contributed by atoms with E-state index in [9.17, 15) is 4.79 Å². The van der Waals surface area contributed by atoms with Gasteiger partial charge >= 0.3 is 0 Å². The minimum absolute atomic E-state index is 0.117. The summed E-state index contributed by atoms with van der Waals surface area (Å²) in [6.45, 7) is 4.97. The molecule has 1 saturated carbocycles. The van der Waals surface area contributed by atoms with Gasteiger partial charge in [-0.3, -0.25) is 9.69 Å². The average molecular weight is 385 g/mol. The molecule has 2 aromatic carbocycles. The molecule has 0 bridgehead atoms. The largest absolute Gasteiger partial charge is 0.379 e. The van der Waals surface area contributed by atoms with E-state index in [0.717, 1.165) is 51.3 Å². The summed E-state index contributed by atoms with van der Waals surface area (Å²) in [6.07, 6.45) is 1.80. The highest BCUT2D eigenvalue weighted by Gasteiger charge is 2.51. The van der Waals surface area contributed by atoms with Gasteiger partial charge in [-0.25, -0.2) is 0 Å². The Labute approximate surface area is 165 Å². The zero-order chi connectivity index (χ0) is 18.7. The number of hydrogen-bond donors (Lipinski definition) is 1. The van der Waals surface area contributed by atoms with Crippen LogP contribution in [-0.4, -0.2) is 37.1 Å². The van der Waals surface area contributed by atoms with Crippen LogP contribution in [0, 0.1) is 0 Å². The summed E-state index contributed by atoms with van der Waals surface area (Å²) in [5, 5.41) is 3.88. The van der Waals surface area contributed by atoms with Crippen LogP contribution in [-0.2, 0) is 28.0 Å². The third kappa shape index (κ3) is 4.18. The number of nitrogens with one attached hydrogen (secondary N) is 1. The molecule has 142 valence electrons. The van der Waals surface area contributed by atoms with Crippen molar-refractivity contribution in [2.75, 3.05) is 26.3 Å². The highest BCUT2D eigenvalue weighted by molar-refractivity contribution is 6.30. The molecule has 27 heavy (non-hydrogen) atoms. The predicted octanol–water partition coefficient (Wildman–Crippen LogP) is 3.52. The Kier molecular flexibility index (Phi) is 5.48. The van der Waals surface area contributed by atoms with Crippen LogP contribution in [0.15, 0.2) is 48.5 Å². The SMILES string of the molecule is O=C(NCc1ccccc1CN1CCOCC1)C1(c2ccc(Cl)cc2)CC1. The van der Waals surface area contributed by atoms with Crippen molar-refractivity contribution in [3.63, 3.8) is 0 Å². The smallest absolute Gasteiger partial charge is 0.230 e. The van der Waals surface area contributed by atoms with Crippen LogP contribution in [0.3, 0.4) is 0 Å². The maximum absolute atomic E-state index is 12.9. The van der Waals surface area contributed by atoms with Crippen LogP contribution < -0.4 is 5.32 Å². The quantitative estimate of drug-likeness (QED) is 0.828. The normalized spacial score (nSPS) is 18.9. The minimum atomic E-state index is -0.371. The molecule has 0 atom stereocenters. The molecule has 0 spiro atoms. The van der Waals surface area contributed by atoms with Gasteiger partial charge in [-0.1, -0.05) is 48.0 Å². The van der Waals surface area contributed by atoms with Crippen molar-refractivity contribution in [2.45, 2.75) is 31.3 Å².